The van der Waals surface area contributed by atoms with E-state index in [1.807, 2.05) is 0 Å². The Hall–Kier alpha value is -0.330. The molecule has 0 aromatic rings. The summed E-state index contributed by atoms with van der Waals surface area (Å²) in [5.74, 6) is 1.56. The second-order valence-corrected chi connectivity index (χ2v) is 5.77. The maximum atomic E-state index is 11.5. The van der Waals surface area contributed by atoms with E-state index in [0.29, 0.717) is 22.5 Å². The molecule has 0 unspecified atom stereocenters. The standard InChI is InChI=1S/C12H20O/c1-8(13)10-7-9-5-6-12(10,4)11(9,2)3/h9-10H,5-7H2,1-4H3/t9-,10-,12+/m0/s1. The van der Waals surface area contributed by atoms with Gasteiger partial charge in [-0.3, -0.25) is 4.79 Å². The van der Waals surface area contributed by atoms with Gasteiger partial charge in [0.25, 0.3) is 0 Å². The minimum absolute atomic E-state index is 0.295. The number of fused-ring (bicyclic) bond motifs is 2. The van der Waals surface area contributed by atoms with E-state index in [-0.39, 0.29) is 0 Å². The van der Waals surface area contributed by atoms with E-state index >= 15 is 0 Å². The molecule has 2 aliphatic carbocycles. The molecule has 3 atom stereocenters. The van der Waals surface area contributed by atoms with Gasteiger partial charge in [0.05, 0.1) is 0 Å². The summed E-state index contributed by atoms with van der Waals surface area (Å²) in [5.41, 5.74) is 0.687. The quantitative estimate of drug-likeness (QED) is 0.606. The first-order chi connectivity index (χ1) is 5.89. The van der Waals surface area contributed by atoms with Crippen LogP contribution in [0.2, 0.25) is 0 Å². The Labute approximate surface area is 80.9 Å². The molecule has 2 fully saturated rings. The number of carbonyl (C=O) groups is 1. The highest BCUT2D eigenvalue weighted by atomic mass is 16.1. The maximum Gasteiger partial charge on any atom is 0.133 e. The van der Waals surface area contributed by atoms with Crippen molar-refractivity contribution < 1.29 is 4.79 Å². The van der Waals surface area contributed by atoms with Crippen LogP contribution < -0.4 is 0 Å². The lowest BCUT2D eigenvalue weighted by atomic mass is 9.66. The molecule has 0 heterocycles. The average Bonchev–Trinajstić information content (AvgIpc) is 2.34. The molecule has 0 aromatic heterocycles. The van der Waals surface area contributed by atoms with Crippen molar-refractivity contribution in [3.05, 3.63) is 0 Å². The minimum atomic E-state index is 0.295. The zero-order valence-corrected chi connectivity index (χ0v) is 9.18. The van der Waals surface area contributed by atoms with Gasteiger partial charge in [-0.05, 0) is 42.9 Å². The van der Waals surface area contributed by atoms with Crippen molar-refractivity contribution in [2.75, 3.05) is 0 Å². The molecule has 0 aliphatic heterocycles. The number of rotatable bonds is 1. The molecule has 0 radical (unpaired) electrons. The zero-order valence-electron chi connectivity index (χ0n) is 9.18. The molecule has 0 saturated heterocycles. The molecule has 2 bridgehead atoms. The Morgan fingerprint density at radius 3 is 2.15 bits per heavy atom. The SMILES string of the molecule is CC(=O)[C@@H]1C[C@@H]2CC[C@@]1(C)C2(C)C. The fourth-order valence-corrected chi connectivity index (χ4v) is 3.82. The molecule has 74 valence electrons. The zero-order chi connectivity index (χ0) is 9.85. The van der Waals surface area contributed by atoms with Crippen LogP contribution in [0.5, 0.6) is 0 Å². The molecule has 2 saturated carbocycles. The van der Waals surface area contributed by atoms with Gasteiger partial charge in [-0.1, -0.05) is 20.8 Å². The van der Waals surface area contributed by atoms with Gasteiger partial charge in [-0.15, -0.1) is 0 Å². The van der Waals surface area contributed by atoms with Crippen molar-refractivity contribution in [2.24, 2.45) is 22.7 Å². The third-order valence-electron chi connectivity index (χ3n) is 5.28. The minimum Gasteiger partial charge on any atom is -0.300 e. The fourth-order valence-electron chi connectivity index (χ4n) is 3.82. The fraction of sp³-hybridized carbons (Fsp3) is 0.917. The molecule has 2 rings (SSSR count). The number of hydrogen-bond acceptors (Lipinski definition) is 1. The van der Waals surface area contributed by atoms with Crippen LogP contribution in [0.25, 0.3) is 0 Å². The summed E-state index contributed by atoms with van der Waals surface area (Å²) in [4.78, 5) is 11.5. The second kappa shape index (κ2) is 2.37. The van der Waals surface area contributed by atoms with Gasteiger partial charge in [0.1, 0.15) is 5.78 Å². The van der Waals surface area contributed by atoms with Gasteiger partial charge < -0.3 is 0 Å². The Balaban J connectivity index is 2.38. The maximum absolute atomic E-state index is 11.5. The molecule has 0 N–H and O–H groups in total. The Morgan fingerprint density at radius 2 is 1.92 bits per heavy atom. The Morgan fingerprint density at radius 1 is 1.31 bits per heavy atom. The van der Waals surface area contributed by atoms with E-state index in [1.54, 1.807) is 6.92 Å². The monoisotopic (exact) mass is 180 g/mol. The van der Waals surface area contributed by atoms with Crippen molar-refractivity contribution in [1.29, 1.82) is 0 Å². The molecule has 1 heteroatoms. The van der Waals surface area contributed by atoms with Crippen LogP contribution in [0, 0.1) is 22.7 Å². The van der Waals surface area contributed by atoms with E-state index in [9.17, 15) is 4.79 Å². The molecule has 1 nitrogen and oxygen atoms in total. The molecule has 2 aliphatic rings. The van der Waals surface area contributed by atoms with E-state index in [1.165, 1.54) is 12.8 Å². The first-order valence-corrected chi connectivity index (χ1v) is 5.40. The number of ketones is 1. The van der Waals surface area contributed by atoms with Crippen LogP contribution in [0.15, 0.2) is 0 Å². The van der Waals surface area contributed by atoms with Crippen LogP contribution in [0.4, 0.5) is 0 Å². The topological polar surface area (TPSA) is 17.1 Å². The summed E-state index contributed by atoms with van der Waals surface area (Å²) >= 11 is 0. The highest BCUT2D eigenvalue weighted by molar-refractivity contribution is 5.80. The van der Waals surface area contributed by atoms with Gasteiger partial charge >= 0.3 is 0 Å². The summed E-state index contributed by atoms with van der Waals surface area (Å²) in [5, 5.41) is 0. The molecule has 13 heavy (non-hydrogen) atoms. The molecule has 0 spiro atoms. The third kappa shape index (κ3) is 0.908. The number of carbonyl (C=O) groups excluding carboxylic acids is 1. The van der Waals surface area contributed by atoms with Gasteiger partial charge in [0.2, 0.25) is 0 Å². The van der Waals surface area contributed by atoms with Gasteiger partial charge in [-0.25, -0.2) is 0 Å². The Bertz CT molecular complexity index is 254. The van der Waals surface area contributed by atoms with Crippen LogP contribution >= 0.6 is 0 Å². The van der Waals surface area contributed by atoms with Crippen molar-refractivity contribution in [3.63, 3.8) is 0 Å². The summed E-state index contributed by atoms with van der Waals surface area (Å²) in [6.07, 6.45) is 3.75. The van der Waals surface area contributed by atoms with E-state index in [0.717, 1.165) is 12.3 Å². The average molecular weight is 180 g/mol. The van der Waals surface area contributed by atoms with Crippen LogP contribution in [-0.2, 0) is 4.79 Å². The lowest BCUT2D eigenvalue weighted by Gasteiger charge is -2.38. The summed E-state index contributed by atoms with van der Waals surface area (Å²) < 4.78 is 0. The van der Waals surface area contributed by atoms with Gasteiger partial charge in [0, 0.05) is 5.92 Å². The van der Waals surface area contributed by atoms with Crippen molar-refractivity contribution in [3.8, 4) is 0 Å². The normalized spacial score (nSPS) is 46.8. The molecule has 0 amide bonds. The predicted octanol–water partition coefficient (Wildman–Crippen LogP) is 3.04. The van der Waals surface area contributed by atoms with Gasteiger partial charge in [-0.2, -0.15) is 0 Å². The van der Waals surface area contributed by atoms with Crippen LogP contribution in [0.1, 0.15) is 47.0 Å². The Kier molecular flexibility index (Phi) is 1.68. The number of hydrogen-bond donors (Lipinski definition) is 0. The predicted molar refractivity (Wildman–Crippen MR) is 53.4 cm³/mol. The lowest BCUT2D eigenvalue weighted by Crippen LogP contribution is -2.35. The summed E-state index contributed by atoms with van der Waals surface area (Å²) in [6.45, 7) is 8.81. The van der Waals surface area contributed by atoms with Crippen molar-refractivity contribution in [2.45, 2.75) is 47.0 Å². The van der Waals surface area contributed by atoms with Crippen molar-refractivity contribution >= 4 is 5.78 Å². The van der Waals surface area contributed by atoms with E-state index in [4.69, 9.17) is 0 Å². The van der Waals surface area contributed by atoms with E-state index in [2.05, 4.69) is 20.8 Å². The van der Waals surface area contributed by atoms with Crippen LogP contribution in [0.3, 0.4) is 0 Å². The highest BCUT2D eigenvalue weighted by Crippen LogP contribution is 2.68. The van der Waals surface area contributed by atoms with Crippen LogP contribution in [-0.4, -0.2) is 5.78 Å². The summed E-state index contributed by atoms with van der Waals surface area (Å²) in [7, 11) is 0. The molecular formula is C12H20O. The van der Waals surface area contributed by atoms with Gasteiger partial charge in [0.15, 0.2) is 0 Å². The van der Waals surface area contributed by atoms with Crippen molar-refractivity contribution in [1.82, 2.24) is 0 Å². The lowest BCUT2D eigenvalue weighted by molar-refractivity contribution is -0.125. The molecule has 0 aromatic carbocycles. The summed E-state index contributed by atoms with van der Waals surface area (Å²) in [6, 6.07) is 0. The first kappa shape index (κ1) is 9.23. The molecular weight excluding hydrogens is 160 g/mol. The largest absolute Gasteiger partial charge is 0.300 e. The van der Waals surface area contributed by atoms with E-state index < -0.39 is 0 Å². The third-order valence-corrected chi connectivity index (χ3v) is 5.28. The highest BCUT2D eigenvalue weighted by Gasteiger charge is 2.62. The smallest absolute Gasteiger partial charge is 0.133 e. The first-order valence-electron chi connectivity index (χ1n) is 5.40. The second-order valence-electron chi connectivity index (χ2n) is 5.77. The number of Topliss-reactive ketones (excluding diaryl/α,β-unsaturated/α-hetero) is 1.